The van der Waals surface area contributed by atoms with Crippen molar-refractivity contribution >= 4 is 152 Å². The van der Waals surface area contributed by atoms with Gasteiger partial charge in [0, 0.05) is 52.3 Å². The van der Waals surface area contributed by atoms with Crippen LogP contribution in [0.3, 0.4) is 0 Å². The number of hydrogen-bond donors (Lipinski definition) is 8. The van der Waals surface area contributed by atoms with Crippen molar-refractivity contribution in [3.8, 4) is 0 Å². The van der Waals surface area contributed by atoms with E-state index in [-0.39, 0.29) is 96.2 Å². The van der Waals surface area contributed by atoms with Crippen molar-refractivity contribution in [2.45, 2.75) is 19.6 Å². The molecule has 0 aliphatic heterocycles. The molecule has 313 valence electrons. The Morgan fingerprint density at radius 3 is 0.967 bits per heavy atom. The van der Waals surface area contributed by atoms with Crippen LogP contribution >= 0.6 is 23.2 Å². The molecule has 0 amide bonds. The van der Waals surface area contributed by atoms with Crippen molar-refractivity contribution in [2.75, 3.05) is 21.3 Å². The first-order chi connectivity index (χ1) is 28.0. The van der Waals surface area contributed by atoms with Gasteiger partial charge < -0.3 is 21.3 Å². The molecule has 0 spiro atoms. The number of rotatable bonds is 14. The van der Waals surface area contributed by atoms with Crippen LogP contribution < -0.4 is 21.3 Å². The summed E-state index contributed by atoms with van der Waals surface area (Å²) in [7, 11) is -18.7. The molecule has 2 heterocycles. The maximum absolute atomic E-state index is 12.5. The van der Waals surface area contributed by atoms with Crippen LogP contribution in [0.2, 0.25) is 10.6 Å². The summed E-state index contributed by atoms with van der Waals surface area (Å²) in [5.74, 6) is -0.623. The van der Waals surface area contributed by atoms with E-state index in [2.05, 4.69) is 51.2 Å². The minimum absolute atomic E-state index is 0. The SMILES string of the molecule is O=S(=O)(O)c1ccc(Nc2nc(Cl)nc(Nc3ccc(C=Cc4ccc(Nc5nc(Cl)nc(Nc6ccc(S(=O)(=O)O)cc6)n5)cc4S(=O)(=O)O)c(S(=O)(=O)O)c3)n2)cc1.[Na]. The van der Waals surface area contributed by atoms with E-state index in [1.54, 1.807) is 0 Å². The van der Waals surface area contributed by atoms with Crippen LogP contribution in [0.25, 0.3) is 12.2 Å². The van der Waals surface area contributed by atoms with Gasteiger partial charge in [-0.3, -0.25) is 18.2 Å². The Morgan fingerprint density at radius 1 is 0.410 bits per heavy atom. The second kappa shape index (κ2) is 18.6. The molecule has 1 radical (unpaired) electrons. The summed E-state index contributed by atoms with van der Waals surface area (Å²) in [6.45, 7) is 0. The van der Waals surface area contributed by atoms with E-state index in [0.717, 1.165) is 48.6 Å². The number of benzene rings is 4. The van der Waals surface area contributed by atoms with E-state index in [1.807, 2.05) is 0 Å². The zero-order valence-electron chi connectivity index (χ0n) is 30.4. The first-order valence-electron chi connectivity index (χ1n) is 16.0. The number of nitrogens with zero attached hydrogens (tertiary/aromatic N) is 6. The topological polar surface area (TPSA) is 343 Å². The molecule has 22 nitrogen and oxygen atoms in total. The molecule has 0 saturated heterocycles. The van der Waals surface area contributed by atoms with Crippen molar-refractivity contribution in [2.24, 2.45) is 0 Å². The predicted molar refractivity (Wildman–Crippen MR) is 223 cm³/mol. The second-order valence-electron chi connectivity index (χ2n) is 11.8. The van der Waals surface area contributed by atoms with Crippen LogP contribution in [0.4, 0.5) is 46.5 Å². The molecule has 0 bridgehead atoms. The Hall–Kier alpha value is -4.94. The van der Waals surface area contributed by atoms with Crippen LogP contribution in [0.15, 0.2) is 105 Å². The molecule has 29 heteroatoms. The number of anilines is 8. The minimum atomic E-state index is -4.93. The van der Waals surface area contributed by atoms with Gasteiger partial charge in [-0.1, -0.05) is 24.3 Å². The third-order valence-corrected chi connectivity index (χ3v) is 11.5. The third kappa shape index (κ3) is 12.8. The van der Waals surface area contributed by atoms with E-state index >= 15 is 0 Å². The van der Waals surface area contributed by atoms with Crippen molar-refractivity contribution in [1.29, 1.82) is 0 Å². The van der Waals surface area contributed by atoms with Gasteiger partial charge in [0.15, 0.2) is 0 Å². The average Bonchev–Trinajstić information content (AvgIpc) is 3.13. The second-order valence-corrected chi connectivity index (χ2v) is 18.1. The molecular formula is C32H24Cl2N10NaO12S4. The Balaban J connectivity index is 0.00000704. The first kappa shape index (κ1) is 47.1. The Bertz CT molecular complexity index is 2930. The van der Waals surface area contributed by atoms with Crippen molar-refractivity contribution in [3.63, 3.8) is 0 Å². The van der Waals surface area contributed by atoms with Crippen LogP contribution in [0.5, 0.6) is 0 Å². The Morgan fingerprint density at radius 2 is 0.689 bits per heavy atom. The van der Waals surface area contributed by atoms with Gasteiger partial charge in [-0.15, -0.1) is 0 Å². The van der Waals surface area contributed by atoms with E-state index in [0.29, 0.717) is 11.4 Å². The van der Waals surface area contributed by atoms with Gasteiger partial charge in [-0.2, -0.15) is 63.6 Å². The van der Waals surface area contributed by atoms with Crippen LogP contribution in [-0.4, -0.2) is 111 Å². The number of hydrogen-bond acceptors (Lipinski definition) is 18. The molecular weight excluding hydrogens is 939 g/mol. The van der Waals surface area contributed by atoms with Crippen LogP contribution in [0.1, 0.15) is 11.1 Å². The van der Waals surface area contributed by atoms with E-state index in [1.165, 1.54) is 48.5 Å². The maximum Gasteiger partial charge on any atom is 0.295 e. The van der Waals surface area contributed by atoms with Gasteiger partial charge in [-0.05, 0) is 107 Å². The van der Waals surface area contributed by atoms with Gasteiger partial charge in [-0.25, -0.2) is 0 Å². The van der Waals surface area contributed by atoms with Gasteiger partial charge in [0.2, 0.25) is 34.4 Å². The zero-order chi connectivity index (χ0) is 43.6. The van der Waals surface area contributed by atoms with Gasteiger partial charge in [0.1, 0.15) is 9.79 Å². The molecule has 0 atom stereocenters. The molecule has 61 heavy (non-hydrogen) atoms. The molecule has 0 unspecified atom stereocenters. The standard InChI is InChI=1S/C32H24Cl2N10O12S4.Na/c33-27-39-29(35-19-7-11-23(12-8-19)57(45,46)47)43-31(41-27)37-21-5-3-17(25(15-21)59(51,52)53)1-2-18-4-6-22(16-26(18)60(54,55)56)38-32-42-28(34)40-30(44-32)36-20-9-13-24(14-10-20)58(48,49)50;/h1-16H,(H,45,46,47)(H,48,49,50)(H,51,52,53)(H,54,55,56)(H2,35,37,39,41,43)(H2,36,38,40,42,44);. The summed E-state index contributed by atoms with van der Waals surface area (Å²) in [4.78, 5) is 22.0. The first-order valence-corrected chi connectivity index (χ1v) is 22.5. The number of halogens is 2. The fourth-order valence-corrected chi connectivity index (χ4v) is 7.69. The summed E-state index contributed by atoms with van der Waals surface area (Å²) in [6, 6.07) is 17.0. The molecule has 2 aromatic heterocycles. The third-order valence-electron chi connectivity index (χ3n) is 7.57. The summed E-state index contributed by atoms with van der Waals surface area (Å²) in [5.41, 5.74) is 0.419. The predicted octanol–water partition coefficient (Wildman–Crippen LogP) is 5.11. The minimum Gasteiger partial charge on any atom is -0.324 e. The van der Waals surface area contributed by atoms with Crippen LogP contribution in [0, 0.1) is 0 Å². The van der Waals surface area contributed by atoms with Crippen LogP contribution in [-0.2, 0) is 40.5 Å². The molecule has 0 aliphatic rings. The van der Waals surface area contributed by atoms with E-state index < -0.39 is 50.3 Å². The molecule has 0 saturated carbocycles. The normalized spacial score (nSPS) is 12.1. The quantitative estimate of drug-likeness (QED) is 0.0399. The molecule has 4 aromatic carbocycles. The molecule has 0 aliphatic carbocycles. The molecule has 0 fully saturated rings. The zero-order valence-corrected chi connectivity index (χ0v) is 37.1. The maximum atomic E-state index is 12.5. The number of nitrogens with one attached hydrogen (secondary N) is 4. The molecule has 6 rings (SSSR count). The van der Waals surface area contributed by atoms with Gasteiger partial charge >= 0.3 is 0 Å². The number of aromatic nitrogens is 6. The summed E-state index contributed by atoms with van der Waals surface area (Å²) >= 11 is 12.1. The van der Waals surface area contributed by atoms with E-state index in [4.69, 9.17) is 23.2 Å². The fourth-order valence-electron chi connectivity index (χ4n) is 4.99. The van der Waals surface area contributed by atoms with Gasteiger partial charge in [0.05, 0.1) is 9.79 Å². The van der Waals surface area contributed by atoms with Gasteiger partial charge in [0.25, 0.3) is 40.5 Å². The summed E-state index contributed by atoms with van der Waals surface area (Å²) in [6.07, 6.45) is 2.32. The smallest absolute Gasteiger partial charge is 0.295 e. The van der Waals surface area contributed by atoms with E-state index in [9.17, 15) is 51.9 Å². The molecule has 8 N–H and O–H groups in total. The van der Waals surface area contributed by atoms with Crippen molar-refractivity contribution in [3.05, 3.63) is 107 Å². The summed E-state index contributed by atoms with van der Waals surface area (Å²) < 4.78 is 134. The monoisotopic (exact) mass is 961 g/mol. The molecule has 6 aromatic rings. The average molecular weight is 963 g/mol. The largest absolute Gasteiger partial charge is 0.324 e. The summed E-state index contributed by atoms with van der Waals surface area (Å²) in [5, 5.41) is 10.4. The fraction of sp³-hybridized carbons (Fsp3) is 0. The Labute approximate surface area is 378 Å². The van der Waals surface area contributed by atoms with Crippen molar-refractivity contribution < 1.29 is 51.9 Å². The Kier molecular flexibility index (Phi) is 14.4. The van der Waals surface area contributed by atoms with Crippen molar-refractivity contribution in [1.82, 2.24) is 29.9 Å².